The number of rotatable bonds is 4. The van der Waals surface area contributed by atoms with Gasteiger partial charge in [0, 0.05) is 23.3 Å². The van der Waals surface area contributed by atoms with Gasteiger partial charge in [-0.1, -0.05) is 12.1 Å². The third kappa shape index (κ3) is 2.81. The minimum atomic E-state index is -0.203. The second-order valence-electron chi connectivity index (χ2n) is 4.02. The Bertz CT molecular complexity index is 559. The Hall–Kier alpha value is -1.56. The second kappa shape index (κ2) is 5.39. The summed E-state index contributed by atoms with van der Waals surface area (Å²) < 4.78 is 7.75. The van der Waals surface area contributed by atoms with E-state index in [0.29, 0.717) is 11.6 Å². The lowest BCUT2D eigenvalue weighted by molar-refractivity contribution is 0.101. The molecule has 96 valence electrons. The van der Waals surface area contributed by atoms with Crippen LogP contribution in [0.15, 0.2) is 27.3 Å². The molecule has 0 saturated heterocycles. The van der Waals surface area contributed by atoms with Gasteiger partial charge in [-0.05, 0) is 35.3 Å². The van der Waals surface area contributed by atoms with Crippen LogP contribution in [0.4, 0.5) is 5.88 Å². The molecule has 18 heavy (non-hydrogen) atoms. The summed E-state index contributed by atoms with van der Waals surface area (Å²) in [5.74, 6) is 0.156. The van der Waals surface area contributed by atoms with Crippen molar-refractivity contribution in [3.05, 3.63) is 34.2 Å². The van der Waals surface area contributed by atoms with Gasteiger partial charge in [0.05, 0.1) is 5.69 Å². The first-order valence-corrected chi connectivity index (χ1v) is 6.49. The number of aryl methyl sites for hydroxylation is 2. The quantitative estimate of drug-likeness (QED) is 0.943. The lowest BCUT2D eigenvalue weighted by Gasteiger charge is -2.06. The van der Waals surface area contributed by atoms with Crippen molar-refractivity contribution in [3.8, 4) is 0 Å². The van der Waals surface area contributed by atoms with Gasteiger partial charge in [0.1, 0.15) is 5.69 Å². The van der Waals surface area contributed by atoms with Gasteiger partial charge in [-0.25, -0.2) is 0 Å². The van der Waals surface area contributed by atoms with Crippen LogP contribution in [-0.2, 0) is 6.54 Å². The lowest BCUT2D eigenvalue weighted by atomic mass is 10.3. The third-order valence-corrected chi connectivity index (χ3v) is 2.86. The van der Waals surface area contributed by atoms with E-state index < -0.39 is 0 Å². The molecule has 0 bridgehead atoms. The van der Waals surface area contributed by atoms with Crippen molar-refractivity contribution in [2.75, 3.05) is 5.32 Å². The van der Waals surface area contributed by atoms with Crippen molar-refractivity contribution >= 4 is 27.7 Å². The average Bonchev–Trinajstić information content (AvgIpc) is 2.86. The number of nitrogens with one attached hydrogen (secondary N) is 1. The van der Waals surface area contributed by atoms with E-state index in [1.54, 1.807) is 19.1 Å². The van der Waals surface area contributed by atoms with E-state index >= 15 is 0 Å². The van der Waals surface area contributed by atoms with Gasteiger partial charge in [0.2, 0.25) is 5.88 Å². The van der Waals surface area contributed by atoms with Crippen LogP contribution in [0, 0.1) is 6.92 Å². The summed E-state index contributed by atoms with van der Waals surface area (Å²) in [6, 6.07) is 3.47. The number of carbonyl (C=O) groups excluding carboxylic acids is 1. The molecule has 0 atom stereocenters. The van der Waals surface area contributed by atoms with Crippen LogP contribution in [0.25, 0.3) is 0 Å². The monoisotopic (exact) mass is 311 g/mol. The van der Waals surface area contributed by atoms with Gasteiger partial charge in [0.15, 0.2) is 0 Å². The number of aromatic nitrogens is 2. The summed E-state index contributed by atoms with van der Waals surface area (Å²) in [5.41, 5.74) is 1.33. The Balaban J connectivity index is 2.17. The van der Waals surface area contributed by atoms with Gasteiger partial charge < -0.3 is 9.09 Å². The normalized spacial score (nSPS) is 10.6. The first-order chi connectivity index (χ1) is 8.60. The number of hydrogen-bond donors (Lipinski definition) is 1. The van der Waals surface area contributed by atoms with Crippen LogP contribution in [0.3, 0.4) is 0 Å². The molecule has 0 spiro atoms. The first kappa shape index (κ1) is 12.9. The standard InChI is InChI=1S/C12H14BrN3O2/c1-3-4-16-7-9(13)6-10(16)12(17)14-11-5-8(2)15-18-11/h5-7H,3-4H2,1-2H3,(H,14,17). The number of nitrogens with zero attached hydrogens (tertiary/aromatic N) is 2. The Morgan fingerprint density at radius 2 is 2.33 bits per heavy atom. The van der Waals surface area contributed by atoms with Crippen LogP contribution in [-0.4, -0.2) is 15.6 Å². The van der Waals surface area contributed by atoms with Gasteiger partial charge in [0.25, 0.3) is 5.91 Å². The molecular formula is C12H14BrN3O2. The van der Waals surface area contributed by atoms with Crippen molar-refractivity contribution in [1.29, 1.82) is 0 Å². The molecule has 0 fully saturated rings. The number of carbonyl (C=O) groups is 1. The van der Waals surface area contributed by atoms with E-state index in [0.717, 1.165) is 23.1 Å². The maximum absolute atomic E-state index is 12.1. The Morgan fingerprint density at radius 3 is 2.94 bits per heavy atom. The molecule has 0 aromatic carbocycles. The molecule has 2 aromatic heterocycles. The summed E-state index contributed by atoms with van der Waals surface area (Å²) >= 11 is 3.37. The zero-order valence-corrected chi connectivity index (χ0v) is 11.8. The van der Waals surface area contributed by atoms with Crippen molar-refractivity contribution < 1.29 is 9.32 Å². The predicted octanol–water partition coefficient (Wildman–Crippen LogP) is 3.21. The molecule has 2 heterocycles. The van der Waals surface area contributed by atoms with Crippen LogP contribution in [0.2, 0.25) is 0 Å². The molecule has 0 saturated carbocycles. The Morgan fingerprint density at radius 1 is 1.56 bits per heavy atom. The highest BCUT2D eigenvalue weighted by Gasteiger charge is 2.14. The lowest BCUT2D eigenvalue weighted by Crippen LogP contribution is -2.16. The first-order valence-electron chi connectivity index (χ1n) is 5.70. The van der Waals surface area contributed by atoms with Gasteiger partial charge in [-0.3, -0.25) is 10.1 Å². The number of amides is 1. The number of hydrogen-bond acceptors (Lipinski definition) is 3. The van der Waals surface area contributed by atoms with E-state index in [1.165, 1.54) is 0 Å². The van der Waals surface area contributed by atoms with Gasteiger partial charge in [-0.15, -0.1) is 0 Å². The molecule has 2 aromatic rings. The summed E-state index contributed by atoms with van der Waals surface area (Å²) in [7, 11) is 0. The second-order valence-corrected chi connectivity index (χ2v) is 4.94. The smallest absolute Gasteiger partial charge is 0.274 e. The third-order valence-electron chi connectivity index (χ3n) is 2.43. The highest BCUT2D eigenvalue weighted by Crippen LogP contribution is 2.17. The summed E-state index contributed by atoms with van der Waals surface area (Å²) in [6.07, 6.45) is 2.85. The maximum Gasteiger partial charge on any atom is 0.274 e. The fraction of sp³-hybridized carbons (Fsp3) is 0.333. The van der Waals surface area contributed by atoms with Crippen molar-refractivity contribution in [3.63, 3.8) is 0 Å². The minimum Gasteiger partial charge on any atom is -0.342 e. The SMILES string of the molecule is CCCn1cc(Br)cc1C(=O)Nc1cc(C)no1. The Kier molecular flexibility index (Phi) is 3.86. The van der Waals surface area contributed by atoms with E-state index in [-0.39, 0.29) is 5.91 Å². The van der Waals surface area contributed by atoms with E-state index in [1.807, 2.05) is 10.8 Å². The average molecular weight is 312 g/mol. The van der Waals surface area contributed by atoms with Gasteiger partial charge in [-0.2, -0.15) is 0 Å². The van der Waals surface area contributed by atoms with Crippen LogP contribution < -0.4 is 5.32 Å². The van der Waals surface area contributed by atoms with Crippen molar-refractivity contribution in [2.24, 2.45) is 0 Å². The van der Waals surface area contributed by atoms with E-state index in [2.05, 4.69) is 33.3 Å². The van der Waals surface area contributed by atoms with Gasteiger partial charge >= 0.3 is 0 Å². The molecule has 0 aliphatic carbocycles. The zero-order chi connectivity index (χ0) is 13.1. The summed E-state index contributed by atoms with van der Waals surface area (Å²) in [4.78, 5) is 12.1. The molecule has 0 unspecified atom stereocenters. The zero-order valence-electron chi connectivity index (χ0n) is 10.2. The number of halogens is 1. The fourth-order valence-electron chi connectivity index (χ4n) is 1.69. The van der Waals surface area contributed by atoms with E-state index in [9.17, 15) is 4.79 Å². The van der Waals surface area contributed by atoms with Crippen molar-refractivity contribution in [2.45, 2.75) is 26.8 Å². The largest absolute Gasteiger partial charge is 0.342 e. The Labute approximate surface area is 113 Å². The van der Waals surface area contributed by atoms with Crippen LogP contribution in [0.1, 0.15) is 29.5 Å². The fourth-order valence-corrected chi connectivity index (χ4v) is 2.15. The molecule has 1 N–H and O–H groups in total. The molecule has 0 aliphatic rings. The molecule has 6 heteroatoms. The van der Waals surface area contributed by atoms with Crippen molar-refractivity contribution in [1.82, 2.24) is 9.72 Å². The molecule has 0 radical (unpaired) electrons. The van der Waals surface area contributed by atoms with Crippen LogP contribution in [0.5, 0.6) is 0 Å². The predicted molar refractivity (Wildman–Crippen MR) is 71.6 cm³/mol. The summed E-state index contributed by atoms with van der Waals surface area (Å²) in [5, 5.41) is 6.40. The number of anilines is 1. The molecular weight excluding hydrogens is 298 g/mol. The maximum atomic E-state index is 12.1. The molecule has 0 aliphatic heterocycles. The highest BCUT2D eigenvalue weighted by atomic mass is 79.9. The van der Waals surface area contributed by atoms with Crippen LogP contribution >= 0.6 is 15.9 Å². The minimum absolute atomic E-state index is 0.203. The molecule has 1 amide bonds. The molecule has 5 nitrogen and oxygen atoms in total. The molecule has 2 rings (SSSR count). The summed E-state index contributed by atoms with van der Waals surface area (Å²) in [6.45, 7) is 4.66. The highest BCUT2D eigenvalue weighted by molar-refractivity contribution is 9.10. The van der Waals surface area contributed by atoms with E-state index in [4.69, 9.17) is 4.52 Å². The topological polar surface area (TPSA) is 60.1 Å².